The Morgan fingerprint density at radius 2 is 1.87 bits per heavy atom. The SMILES string of the molecule is C#C.C=C.CC.CCN(C(=O)c1cc(F)ccc1Oc1cncnc1N1CC2(CC(Oc3ccnc4c3CNCC4)C2)C1)C(C)C. The summed E-state index contributed by atoms with van der Waals surface area (Å²) in [5, 5.41) is 3.41. The van der Waals surface area contributed by atoms with Gasteiger partial charge in [-0.3, -0.25) is 9.78 Å². The molecule has 3 aromatic rings. The number of halogens is 1. The molecule has 0 atom stereocenters. The van der Waals surface area contributed by atoms with Crippen LogP contribution in [0.2, 0.25) is 0 Å². The number of ether oxygens (including phenoxy) is 2. The summed E-state index contributed by atoms with van der Waals surface area (Å²) in [6, 6.07) is 5.97. The van der Waals surface area contributed by atoms with Crippen molar-refractivity contribution in [3.8, 4) is 30.1 Å². The molecule has 4 heterocycles. The van der Waals surface area contributed by atoms with Crippen molar-refractivity contribution in [3.63, 3.8) is 0 Å². The second kappa shape index (κ2) is 16.7. The van der Waals surface area contributed by atoms with E-state index in [9.17, 15) is 9.18 Å². The van der Waals surface area contributed by atoms with Gasteiger partial charge in [-0.2, -0.15) is 0 Å². The molecule has 1 spiro atoms. The van der Waals surface area contributed by atoms with E-state index in [1.54, 1.807) is 11.1 Å². The van der Waals surface area contributed by atoms with Crippen LogP contribution in [0, 0.1) is 24.1 Å². The predicted octanol–water partition coefficient (Wildman–Crippen LogP) is 6.44. The molecular formula is C36H47FN6O3. The molecule has 1 saturated heterocycles. The Balaban J connectivity index is 0.000000908. The standard InChI is InChI=1S/C30H35FN6O3.C2H6.C2H4.C2H2/c1-4-37(19(2)3)29(38)22-11-20(31)5-6-25(22)40-27-15-33-18-35-28(27)36-16-30(17-36)12-21(13-30)39-26-8-10-34-24-7-9-32-14-23(24)26;3*1-2/h5-6,8,10-11,15,18-19,21,32H,4,7,9,12-14,16-17H2,1-3H3;1-2H3;1-2H2;1-2H. The highest BCUT2D eigenvalue weighted by Gasteiger charge is 2.54. The lowest BCUT2D eigenvalue weighted by Crippen LogP contribution is -2.65. The first-order valence-electron chi connectivity index (χ1n) is 15.9. The number of terminal acetylenes is 1. The highest BCUT2D eigenvalue weighted by atomic mass is 19.1. The largest absolute Gasteiger partial charge is 0.490 e. The average molecular weight is 631 g/mol. The molecule has 1 aromatic carbocycles. The number of carbonyl (C=O) groups is 1. The molecule has 1 amide bonds. The number of nitrogens with zero attached hydrogens (tertiary/aromatic N) is 5. The third-order valence-corrected chi connectivity index (χ3v) is 8.19. The first kappa shape index (κ1) is 36.0. The Hall–Kier alpha value is -4.49. The second-order valence-corrected chi connectivity index (χ2v) is 11.3. The van der Waals surface area contributed by atoms with Crippen LogP contribution in [0.25, 0.3) is 0 Å². The summed E-state index contributed by atoms with van der Waals surface area (Å²) in [7, 11) is 0. The van der Waals surface area contributed by atoms with Gasteiger partial charge in [0.05, 0.1) is 11.8 Å². The third kappa shape index (κ3) is 7.83. The van der Waals surface area contributed by atoms with Crippen LogP contribution in [0.5, 0.6) is 17.2 Å². The predicted molar refractivity (Wildman–Crippen MR) is 181 cm³/mol. The van der Waals surface area contributed by atoms with Crippen LogP contribution in [0.4, 0.5) is 10.2 Å². The summed E-state index contributed by atoms with van der Waals surface area (Å²) in [4.78, 5) is 30.3. The molecule has 2 aliphatic heterocycles. The molecule has 3 aliphatic rings. The molecule has 0 unspecified atom stereocenters. The van der Waals surface area contributed by atoms with Crippen molar-refractivity contribution < 1.29 is 18.7 Å². The number of aromatic nitrogens is 3. The van der Waals surface area contributed by atoms with E-state index in [2.05, 4.69) is 51.2 Å². The Kier molecular flexibility index (Phi) is 13.1. The monoisotopic (exact) mass is 630 g/mol. The number of fused-ring (bicyclic) bond motifs is 1. The molecule has 9 nitrogen and oxygen atoms in total. The van der Waals surface area contributed by atoms with E-state index in [1.807, 2.05) is 46.9 Å². The van der Waals surface area contributed by atoms with Gasteiger partial charge in [0.25, 0.3) is 5.91 Å². The maximum Gasteiger partial charge on any atom is 0.257 e. The van der Waals surface area contributed by atoms with E-state index >= 15 is 0 Å². The number of nitrogens with one attached hydrogen (secondary N) is 1. The Morgan fingerprint density at radius 3 is 2.54 bits per heavy atom. The molecule has 1 saturated carbocycles. The van der Waals surface area contributed by atoms with E-state index in [4.69, 9.17) is 9.47 Å². The van der Waals surface area contributed by atoms with Crippen LogP contribution in [-0.2, 0) is 13.0 Å². The van der Waals surface area contributed by atoms with Crippen LogP contribution in [0.3, 0.4) is 0 Å². The Morgan fingerprint density at radius 1 is 1.15 bits per heavy atom. The van der Waals surface area contributed by atoms with Crippen molar-refractivity contribution in [2.24, 2.45) is 5.41 Å². The molecule has 10 heteroatoms. The van der Waals surface area contributed by atoms with Crippen molar-refractivity contribution >= 4 is 11.7 Å². The zero-order chi connectivity index (χ0) is 33.9. The van der Waals surface area contributed by atoms with Gasteiger partial charge in [-0.1, -0.05) is 13.8 Å². The summed E-state index contributed by atoms with van der Waals surface area (Å²) < 4.78 is 26.8. The van der Waals surface area contributed by atoms with Crippen LogP contribution in [0.1, 0.15) is 69.1 Å². The molecule has 46 heavy (non-hydrogen) atoms. The number of hydrogen-bond donors (Lipinski definition) is 1. The zero-order valence-corrected chi connectivity index (χ0v) is 27.8. The third-order valence-electron chi connectivity index (χ3n) is 8.19. The van der Waals surface area contributed by atoms with Crippen molar-refractivity contribution in [3.05, 3.63) is 78.8 Å². The summed E-state index contributed by atoms with van der Waals surface area (Å²) in [5.74, 6) is 1.56. The van der Waals surface area contributed by atoms with Crippen LogP contribution in [-0.4, -0.2) is 64.1 Å². The molecular weight excluding hydrogens is 583 g/mol. The fourth-order valence-corrected chi connectivity index (χ4v) is 6.19. The summed E-state index contributed by atoms with van der Waals surface area (Å²) >= 11 is 0. The number of anilines is 1. The van der Waals surface area contributed by atoms with Gasteiger partial charge in [-0.25, -0.2) is 14.4 Å². The van der Waals surface area contributed by atoms with Gasteiger partial charge in [0.2, 0.25) is 0 Å². The topological polar surface area (TPSA) is 92.7 Å². The van der Waals surface area contributed by atoms with Gasteiger partial charge in [0, 0.05) is 68.1 Å². The lowest BCUT2D eigenvalue weighted by molar-refractivity contribution is -0.0349. The Labute approximate surface area is 273 Å². The summed E-state index contributed by atoms with van der Waals surface area (Å²) in [6.45, 7) is 19.7. The van der Waals surface area contributed by atoms with Gasteiger partial charge >= 0.3 is 0 Å². The van der Waals surface area contributed by atoms with Gasteiger partial charge < -0.3 is 24.6 Å². The van der Waals surface area contributed by atoms with Crippen molar-refractivity contribution in [1.82, 2.24) is 25.2 Å². The Bertz CT molecular complexity index is 1470. The maximum atomic E-state index is 14.2. The summed E-state index contributed by atoms with van der Waals surface area (Å²) in [6.07, 6.45) is 16.0. The zero-order valence-electron chi connectivity index (χ0n) is 27.8. The van der Waals surface area contributed by atoms with E-state index in [0.717, 1.165) is 56.9 Å². The minimum Gasteiger partial charge on any atom is -0.490 e. The van der Waals surface area contributed by atoms with E-state index in [0.29, 0.717) is 18.1 Å². The lowest BCUT2D eigenvalue weighted by Gasteiger charge is -2.59. The first-order chi connectivity index (χ1) is 22.4. The van der Waals surface area contributed by atoms with Crippen molar-refractivity contribution in [2.75, 3.05) is 31.1 Å². The fraction of sp³-hybridized carbons (Fsp3) is 0.444. The lowest BCUT2D eigenvalue weighted by atomic mass is 9.61. The molecule has 1 N–H and O–H groups in total. The van der Waals surface area contributed by atoms with Gasteiger partial charge in [-0.05, 0) is 57.9 Å². The van der Waals surface area contributed by atoms with Gasteiger partial charge in [0.15, 0.2) is 11.6 Å². The second-order valence-electron chi connectivity index (χ2n) is 11.3. The number of pyridine rings is 1. The number of hydrogen-bond acceptors (Lipinski definition) is 8. The molecule has 6 rings (SSSR count). The van der Waals surface area contributed by atoms with E-state index < -0.39 is 5.82 Å². The van der Waals surface area contributed by atoms with E-state index in [1.165, 1.54) is 30.1 Å². The average Bonchev–Trinajstić information content (AvgIpc) is 3.06. The smallest absolute Gasteiger partial charge is 0.257 e. The minimum absolute atomic E-state index is 0.0301. The highest BCUT2D eigenvalue weighted by molar-refractivity contribution is 5.97. The fourth-order valence-electron chi connectivity index (χ4n) is 6.19. The molecule has 2 fully saturated rings. The maximum absolute atomic E-state index is 14.2. The van der Waals surface area contributed by atoms with Gasteiger partial charge in [0.1, 0.15) is 29.7 Å². The van der Waals surface area contributed by atoms with Crippen LogP contribution in [0.15, 0.2) is 56.1 Å². The molecule has 246 valence electrons. The van der Waals surface area contributed by atoms with Crippen LogP contribution >= 0.6 is 0 Å². The van der Waals surface area contributed by atoms with E-state index in [-0.39, 0.29) is 34.8 Å². The van der Waals surface area contributed by atoms with Crippen LogP contribution < -0.4 is 19.7 Å². The number of carbonyl (C=O) groups excluding carboxylic acids is 1. The molecule has 2 aromatic heterocycles. The minimum atomic E-state index is -0.491. The van der Waals surface area contributed by atoms with Gasteiger partial charge in [-0.15, -0.1) is 26.0 Å². The molecule has 0 radical (unpaired) electrons. The molecule has 1 aliphatic carbocycles. The summed E-state index contributed by atoms with van der Waals surface area (Å²) in [5.41, 5.74) is 2.68. The number of rotatable bonds is 8. The highest BCUT2D eigenvalue weighted by Crippen LogP contribution is 2.52. The number of benzene rings is 1. The van der Waals surface area contributed by atoms with Crippen molar-refractivity contribution in [1.29, 1.82) is 0 Å². The van der Waals surface area contributed by atoms with Crippen molar-refractivity contribution in [2.45, 2.75) is 72.6 Å². The quantitative estimate of drug-likeness (QED) is 0.225. The normalized spacial score (nSPS) is 15.6. The number of amides is 1. The molecule has 0 bridgehead atoms. The first-order valence-corrected chi connectivity index (χ1v) is 15.9.